The third kappa shape index (κ3) is 3.44. The first-order chi connectivity index (χ1) is 9.30. The molecule has 0 radical (unpaired) electrons. The van der Waals surface area contributed by atoms with Gasteiger partial charge in [0.2, 0.25) is 0 Å². The highest BCUT2D eigenvalue weighted by Gasteiger charge is 2.32. The highest BCUT2D eigenvalue weighted by Crippen LogP contribution is 2.40. The van der Waals surface area contributed by atoms with E-state index in [2.05, 4.69) is 24.4 Å². The van der Waals surface area contributed by atoms with Gasteiger partial charge in [0, 0.05) is 17.0 Å². The predicted octanol–water partition coefficient (Wildman–Crippen LogP) is 2.39. The number of thioether (sulfide) groups is 1. The van der Waals surface area contributed by atoms with Gasteiger partial charge in [-0.25, -0.2) is 0 Å². The van der Waals surface area contributed by atoms with Crippen LogP contribution in [0.3, 0.4) is 0 Å². The number of methoxy groups -OCH3 is 1. The van der Waals surface area contributed by atoms with E-state index >= 15 is 0 Å². The summed E-state index contributed by atoms with van der Waals surface area (Å²) in [6.07, 6.45) is 2.21. The zero-order valence-electron chi connectivity index (χ0n) is 11.7. The summed E-state index contributed by atoms with van der Waals surface area (Å²) in [5, 5.41) is 13.2. The van der Waals surface area contributed by atoms with Gasteiger partial charge in [-0.1, -0.05) is 13.0 Å². The molecule has 0 amide bonds. The average Bonchev–Trinajstić information content (AvgIpc) is 2.79. The molecule has 2 N–H and O–H groups in total. The maximum absolute atomic E-state index is 9.03. The van der Waals surface area contributed by atoms with Crippen LogP contribution in [0.15, 0.2) is 18.2 Å². The summed E-state index contributed by atoms with van der Waals surface area (Å²) in [5.41, 5.74) is 2.77. The molecule has 1 aromatic rings. The molecule has 0 aromatic heterocycles. The molecule has 0 fully saturated rings. The fourth-order valence-corrected chi connectivity index (χ4v) is 3.75. The summed E-state index contributed by atoms with van der Waals surface area (Å²) in [5.74, 6) is 1.73. The number of benzene rings is 1. The Morgan fingerprint density at radius 1 is 1.47 bits per heavy atom. The second kappa shape index (κ2) is 7.17. The quantitative estimate of drug-likeness (QED) is 0.805. The van der Waals surface area contributed by atoms with Gasteiger partial charge in [-0.05, 0) is 42.6 Å². The Hall–Kier alpha value is -0.710. The Balaban J connectivity index is 2.17. The second-order valence-corrected chi connectivity index (χ2v) is 6.18. The van der Waals surface area contributed by atoms with Crippen molar-refractivity contribution < 1.29 is 9.84 Å². The van der Waals surface area contributed by atoms with Crippen molar-refractivity contribution in [1.29, 1.82) is 0 Å². The molecule has 106 valence electrons. The minimum Gasteiger partial charge on any atom is -0.497 e. The summed E-state index contributed by atoms with van der Waals surface area (Å²) < 4.78 is 5.33. The van der Waals surface area contributed by atoms with Gasteiger partial charge >= 0.3 is 0 Å². The van der Waals surface area contributed by atoms with E-state index in [1.807, 2.05) is 17.8 Å². The van der Waals surface area contributed by atoms with E-state index in [0.717, 1.165) is 30.9 Å². The number of rotatable bonds is 7. The smallest absolute Gasteiger partial charge is 0.119 e. The van der Waals surface area contributed by atoms with E-state index in [-0.39, 0.29) is 6.61 Å². The van der Waals surface area contributed by atoms with Gasteiger partial charge in [0.05, 0.1) is 13.7 Å². The summed E-state index contributed by atoms with van der Waals surface area (Å²) >= 11 is 1.86. The molecule has 0 bridgehead atoms. The molecule has 2 rings (SSSR count). The largest absolute Gasteiger partial charge is 0.497 e. The van der Waals surface area contributed by atoms with Gasteiger partial charge in [0.15, 0.2) is 0 Å². The minimum absolute atomic E-state index is 0.251. The van der Waals surface area contributed by atoms with E-state index in [1.165, 1.54) is 11.1 Å². The number of fused-ring (bicyclic) bond motifs is 1. The molecule has 1 aliphatic rings. The summed E-state index contributed by atoms with van der Waals surface area (Å²) in [4.78, 5) is 0. The zero-order chi connectivity index (χ0) is 13.7. The van der Waals surface area contributed by atoms with Crippen LogP contribution in [0.25, 0.3) is 0 Å². The molecule has 0 aliphatic heterocycles. The molecule has 2 unspecified atom stereocenters. The Bertz CT molecular complexity index is 411. The lowest BCUT2D eigenvalue weighted by molar-refractivity contribution is 0.322. The SMILES string of the molecule is CCCNC1c2cc(OC)ccc2CC1SCCO. The molecule has 0 heterocycles. The standard InChI is InChI=1S/C15H23NO2S/c1-3-6-16-15-13-10-12(18-2)5-4-11(13)9-14(15)19-8-7-17/h4-5,10,14-17H,3,6-9H2,1-2H3. The molecular formula is C15H23NO2S. The normalized spacial score (nSPS) is 21.4. The predicted molar refractivity (Wildman–Crippen MR) is 81.1 cm³/mol. The van der Waals surface area contributed by atoms with Gasteiger partial charge in [-0.3, -0.25) is 0 Å². The lowest BCUT2D eigenvalue weighted by Gasteiger charge is -2.21. The zero-order valence-corrected chi connectivity index (χ0v) is 12.5. The monoisotopic (exact) mass is 281 g/mol. The van der Waals surface area contributed by atoms with Crippen molar-refractivity contribution in [2.45, 2.75) is 31.1 Å². The minimum atomic E-state index is 0.251. The topological polar surface area (TPSA) is 41.5 Å². The molecule has 1 aromatic carbocycles. The van der Waals surface area contributed by atoms with E-state index in [0.29, 0.717) is 11.3 Å². The Morgan fingerprint density at radius 2 is 2.32 bits per heavy atom. The van der Waals surface area contributed by atoms with Gasteiger partial charge in [-0.2, -0.15) is 11.8 Å². The van der Waals surface area contributed by atoms with Crippen LogP contribution < -0.4 is 10.1 Å². The first kappa shape index (κ1) is 14.7. The number of hydrogen-bond acceptors (Lipinski definition) is 4. The van der Waals surface area contributed by atoms with Crippen LogP contribution in [0.4, 0.5) is 0 Å². The van der Waals surface area contributed by atoms with E-state index < -0.39 is 0 Å². The highest BCUT2D eigenvalue weighted by atomic mass is 32.2. The van der Waals surface area contributed by atoms with E-state index in [9.17, 15) is 0 Å². The van der Waals surface area contributed by atoms with Crippen LogP contribution >= 0.6 is 11.8 Å². The maximum Gasteiger partial charge on any atom is 0.119 e. The van der Waals surface area contributed by atoms with Crippen LogP contribution in [-0.2, 0) is 6.42 Å². The number of hydrogen-bond donors (Lipinski definition) is 2. The first-order valence-corrected chi connectivity index (χ1v) is 7.97. The molecule has 0 spiro atoms. The van der Waals surface area contributed by atoms with Gasteiger partial charge in [-0.15, -0.1) is 0 Å². The van der Waals surface area contributed by atoms with Crippen molar-refractivity contribution >= 4 is 11.8 Å². The third-order valence-corrected chi connectivity index (χ3v) is 4.80. The summed E-state index contributed by atoms with van der Waals surface area (Å²) in [6, 6.07) is 6.74. The lowest BCUT2D eigenvalue weighted by atomic mass is 10.1. The molecule has 3 nitrogen and oxygen atoms in total. The Morgan fingerprint density at radius 3 is 3.00 bits per heavy atom. The van der Waals surface area contributed by atoms with E-state index in [4.69, 9.17) is 9.84 Å². The molecular weight excluding hydrogens is 258 g/mol. The number of aliphatic hydroxyl groups excluding tert-OH is 1. The molecule has 0 saturated heterocycles. The van der Waals surface area contributed by atoms with Crippen LogP contribution in [0.1, 0.15) is 30.5 Å². The lowest BCUT2D eigenvalue weighted by Crippen LogP contribution is -2.28. The van der Waals surface area contributed by atoms with Crippen molar-refractivity contribution in [3.63, 3.8) is 0 Å². The van der Waals surface area contributed by atoms with Crippen LogP contribution in [0.5, 0.6) is 5.75 Å². The maximum atomic E-state index is 9.03. The summed E-state index contributed by atoms with van der Waals surface area (Å²) in [6.45, 7) is 3.46. The number of ether oxygens (including phenoxy) is 1. The Kier molecular flexibility index (Phi) is 5.55. The van der Waals surface area contributed by atoms with Crippen molar-refractivity contribution in [1.82, 2.24) is 5.32 Å². The fourth-order valence-electron chi connectivity index (χ4n) is 2.61. The fraction of sp³-hybridized carbons (Fsp3) is 0.600. The molecule has 1 aliphatic carbocycles. The highest BCUT2D eigenvalue weighted by molar-refractivity contribution is 8.00. The van der Waals surface area contributed by atoms with Gasteiger partial charge in [0.1, 0.15) is 5.75 Å². The van der Waals surface area contributed by atoms with Crippen molar-refractivity contribution in [3.05, 3.63) is 29.3 Å². The average molecular weight is 281 g/mol. The Labute approximate surface area is 119 Å². The van der Waals surface area contributed by atoms with Gasteiger partial charge in [0.25, 0.3) is 0 Å². The van der Waals surface area contributed by atoms with Crippen molar-refractivity contribution in [2.75, 3.05) is 26.0 Å². The molecule has 19 heavy (non-hydrogen) atoms. The van der Waals surface area contributed by atoms with Crippen LogP contribution in [0, 0.1) is 0 Å². The molecule has 4 heteroatoms. The van der Waals surface area contributed by atoms with Crippen LogP contribution in [0.2, 0.25) is 0 Å². The van der Waals surface area contributed by atoms with Crippen molar-refractivity contribution in [2.24, 2.45) is 0 Å². The van der Waals surface area contributed by atoms with E-state index in [1.54, 1.807) is 7.11 Å². The van der Waals surface area contributed by atoms with Gasteiger partial charge < -0.3 is 15.2 Å². The summed E-state index contributed by atoms with van der Waals surface area (Å²) in [7, 11) is 1.71. The van der Waals surface area contributed by atoms with Crippen LogP contribution in [-0.4, -0.2) is 36.4 Å². The molecule has 2 atom stereocenters. The number of nitrogens with one attached hydrogen (secondary N) is 1. The number of aliphatic hydroxyl groups is 1. The van der Waals surface area contributed by atoms with Crippen molar-refractivity contribution in [3.8, 4) is 5.75 Å². The first-order valence-electron chi connectivity index (χ1n) is 6.92. The third-order valence-electron chi connectivity index (χ3n) is 3.52. The molecule has 0 saturated carbocycles. The second-order valence-electron chi connectivity index (χ2n) is 4.83.